The summed E-state index contributed by atoms with van der Waals surface area (Å²) in [6, 6.07) is 14.8. The zero-order valence-corrected chi connectivity index (χ0v) is 16.7. The molecule has 0 N–H and O–H groups in total. The summed E-state index contributed by atoms with van der Waals surface area (Å²) in [5.74, 6) is 0.841. The Balaban J connectivity index is 1.53. The van der Waals surface area contributed by atoms with Crippen LogP contribution in [0.1, 0.15) is 27.6 Å². The topological polar surface area (TPSA) is 100 Å². The molecule has 4 rings (SSSR count). The number of carbonyl (C=O) groups excluding carboxylic acids is 1. The van der Waals surface area contributed by atoms with Gasteiger partial charge in [0.25, 0.3) is 11.8 Å². The molecule has 0 atom stereocenters. The number of esters is 1. The fraction of sp³-hybridized carbons (Fsp3) is 0.182. The Labute approximate surface area is 172 Å². The molecular weight excluding hydrogens is 386 g/mol. The normalized spacial score (nSPS) is 10.8. The van der Waals surface area contributed by atoms with E-state index < -0.39 is 5.97 Å². The molecule has 152 valence electrons. The number of methoxy groups -OCH3 is 1. The van der Waals surface area contributed by atoms with Gasteiger partial charge in [-0.2, -0.15) is 0 Å². The highest BCUT2D eigenvalue weighted by Gasteiger charge is 2.22. The van der Waals surface area contributed by atoms with Crippen molar-refractivity contribution >= 4 is 5.97 Å². The summed E-state index contributed by atoms with van der Waals surface area (Å²) in [4.78, 5) is 12.5. The van der Waals surface area contributed by atoms with Gasteiger partial charge in [0.2, 0.25) is 0 Å². The second-order valence-corrected chi connectivity index (χ2v) is 6.61. The Hall–Kier alpha value is -3.94. The molecule has 4 aromatic rings. The van der Waals surface area contributed by atoms with E-state index in [2.05, 4.69) is 15.4 Å². The van der Waals surface area contributed by atoms with Gasteiger partial charge in [-0.25, -0.2) is 4.79 Å². The van der Waals surface area contributed by atoms with Crippen LogP contribution in [0, 0.1) is 13.8 Å². The molecule has 2 aromatic heterocycles. The van der Waals surface area contributed by atoms with Gasteiger partial charge in [-0.3, -0.25) is 0 Å². The van der Waals surface area contributed by atoms with Gasteiger partial charge in [-0.15, -0.1) is 10.2 Å². The molecule has 0 aliphatic rings. The van der Waals surface area contributed by atoms with E-state index in [1.807, 2.05) is 43.3 Å². The molecule has 0 saturated carbocycles. The first-order valence-electron chi connectivity index (χ1n) is 9.23. The summed E-state index contributed by atoms with van der Waals surface area (Å²) >= 11 is 0. The van der Waals surface area contributed by atoms with Crippen molar-refractivity contribution in [3.05, 3.63) is 71.3 Å². The quantitative estimate of drug-likeness (QED) is 0.436. The minimum atomic E-state index is -0.540. The zero-order valence-electron chi connectivity index (χ0n) is 16.7. The molecule has 0 aliphatic heterocycles. The van der Waals surface area contributed by atoms with Crippen LogP contribution in [0.3, 0.4) is 0 Å². The Morgan fingerprint density at radius 1 is 1.07 bits per heavy atom. The molecule has 0 bridgehead atoms. The van der Waals surface area contributed by atoms with Crippen molar-refractivity contribution in [2.45, 2.75) is 20.5 Å². The summed E-state index contributed by atoms with van der Waals surface area (Å²) in [7, 11) is 1.50. The Kier molecular flexibility index (Phi) is 5.30. The molecule has 0 saturated heterocycles. The zero-order chi connectivity index (χ0) is 21.1. The second kappa shape index (κ2) is 8.20. The average Bonchev–Trinajstić information content (AvgIpc) is 3.38. The van der Waals surface area contributed by atoms with Gasteiger partial charge in [-0.05, 0) is 26.0 Å². The fourth-order valence-electron chi connectivity index (χ4n) is 3.02. The predicted octanol–water partition coefficient (Wildman–Crippen LogP) is 4.37. The average molecular weight is 405 g/mol. The number of aromatic nitrogens is 3. The largest absolute Gasteiger partial charge is 0.496 e. The molecule has 30 heavy (non-hydrogen) atoms. The van der Waals surface area contributed by atoms with Gasteiger partial charge in [0.1, 0.15) is 28.3 Å². The van der Waals surface area contributed by atoms with Crippen LogP contribution >= 0.6 is 0 Å². The Morgan fingerprint density at radius 2 is 1.87 bits per heavy atom. The van der Waals surface area contributed by atoms with Crippen LogP contribution in [0.5, 0.6) is 5.75 Å². The number of nitrogens with zero attached hydrogens (tertiary/aromatic N) is 3. The summed E-state index contributed by atoms with van der Waals surface area (Å²) in [6.07, 6.45) is 0. The Bertz CT molecular complexity index is 1180. The summed E-state index contributed by atoms with van der Waals surface area (Å²) in [5.41, 5.74) is 3.32. The van der Waals surface area contributed by atoms with Gasteiger partial charge in [0.05, 0.1) is 7.11 Å². The standard InChI is InChI=1S/C22H19N3O5/c1-13-9-10-17(27-3)16(11-13)22(26)28-12-18-23-24-21(29-18)19-14(2)30-25-20(19)15-7-5-4-6-8-15/h4-11H,12H2,1-3H3. The minimum Gasteiger partial charge on any atom is -0.496 e. The van der Waals surface area contributed by atoms with E-state index in [0.717, 1.165) is 11.1 Å². The van der Waals surface area contributed by atoms with E-state index in [4.69, 9.17) is 18.4 Å². The molecule has 0 aliphatic carbocycles. The first kappa shape index (κ1) is 19.4. The van der Waals surface area contributed by atoms with Crippen molar-refractivity contribution in [1.29, 1.82) is 0 Å². The monoisotopic (exact) mass is 405 g/mol. The third-order valence-electron chi connectivity index (χ3n) is 4.49. The van der Waals surface area contributed by atoms with Crippen LogP contribution in [0.15, 0.2) is 57.5 Å². The van der Waals surface area contributed by atoms with Crippen LogP contribution in [-0.4, -0.2) is 28.4 Å². The van der Waals surface area contributed by atoms with Crippen LogP contribution in [0.4, 0.5) is 0 Å². The summed E-state index contributed by atoms with van der Waals surface area (Å²) < 4.78 is 21.6. The first-order chi connectivity index (χ1) is 14.6. The fourth-order valence-corrected chi connectivity index (χ4v) is 3.02. The number of benzene rings is 2. The lowest BCUT2D eigenvalue weighted by atomic mass is 10.1. The molecule has 2 heterocycles. The van der Waals surface area contributed by atoms with Crippen molar-refractivity contribution in [3.63, 3.8) is 0 Å². The summed E-state index contributed by atoms with van der Waals surface area (Å²) in [6.45, 7) is 3.47. The minimum absolute atomic E-state index is 0.157. The van der Waals surface area contributed by atoms with E-state index in [1.165, 1.54) is 7.11 Å². The molecule has 2 aromatic carbocycles. The van der Waals surface area contributed by atoms with Gasteiger partial charge in [0.15, 0.2) is 6.61 Å². The van der Waals surface area contributed by atoms with Crippen molar-refractivity contribution in [2.75, 3.05) is 7.11 Å². The molecule has 0 radical (unpaired) electrons. The van der Waals surface area contributed by atoms with Gasteiger partial charge < -0.3 is 18.4 Å². The van der Waals surface area contributed by atoms with Crippen LogP contribution in [0.25, 0.3) is 22.7 Å². The maximum Gasteiger partial charge on any atom is 0.342 e. The van der Waals surface area contributed by atoms with Gasteiger partial charge >= 0.3 is 5.97 Å². The highest BCUT2D eigenvalue weighted by Crippen LogP contribution is 2.33. The molecule has 0 unspecified atom stereocenters. The van der Waals surface area contributed by atoms with Crippen molar-refractivity contribution < 1.29 is 23.2 Å². The maximum atomic E-state index is 12.5. The van der Waals surface area contributed by atoms with E-state index in [1.54, 1.807) is 19.1 Å². The summed E-state index contributed by atoms with van der Waals surface area (Å²) in [5, 5.41) is 12.2. The molecule has 8 heteroatoms. The molecule has 0 amide bonds. The third kappa shape index (κ3) is 3.80. The highest BCUT2D eigenvalue weighted by atomic mass is 16.5. The smallest absolute Gasteiger partial charge is 0.342 e. The van der Waals surface area contributed by atoms with Crippen LogP contribution < -0.4 is 4.74 Å². The molecule has 8 nitrogen and oxygen atoms in total. The maximum absolute atomic E-state index is 12.5. The number of hydrogen-bond acceptors (Lipinski definition) is 8. The van der Waals surface area contributed by atoms with Crippen molar-refractivity contribution in [2.24, 2.45) is 0 Å². The molecule has 0 fully saturated rings. The van der Waals surface area contributed by atoms with Crippen molar-refractivity contribution in [1.82, 2.24) is 15.4 Å². The van der Waals surface area contributed by atoms with Crippen molar-refractivity contribution in [3.8, 4) is 28.5 Å². The second-order valence-electron chi connectivity index (χ2n) is 6.61. The van der Waals surface area contributed by atoms with E-state index >= 15 is 0 Å². The third-order valence-corrected chi connectivity index (χ3v) is 4.49. The van der Waals surface area contributed by atoms with E-state index in [-0.39, 0.29) is 18.4 Å². The van der Waals surface area contributed by atoms with Gasteiger partial charge in [0, 0.05) is 5.56 Å². The lowest BCUT2D eigenvalue weighted by Gasteiger charge is -2.08. The molecule has 0 spiro atoms. The van der Waals surface area contributed by atoms with E-state index in [9.17, 15) is 4.79 Å². The number of aryl methyl sites for hydroxylation is 2. The van der Waals surface area contributed by atoms with E-state index in [0.29, 0.717) is 28.3 Å². The van der Waals surface area contributed by atoms with Crippen LogP contribution in [0.2, 0.25) is 0 Å². The highest BCUT2D eigenvalue weighted by molar-refractivity contribution is 5.92. The number of hydrogen-bond donors (Lipinski definition) is 0. The molecular formula is C22H19N3O5. The number of rotatable bonds is 6. The Morgan fingerprint density at radius 3 is 2.63 bits per heavy atom. The first-order valence-corrected chi connectivity index (χ1v) is 9.23. The number of ether oxygens (including phenoxy) is 2. The van der Waals surface area contributed by atoms with Gasteiger partial charge in [-0.1, -0.05) is 47.1 Å². The number of carbonyl (C=O) groups is 1. The lowest BCUT2D eigenvalue weighted by molar-refractivity contribution is 0.0435. The predicted molar refractivity (Wildman–Crippen MR) is 107 cm³/mol. The lowest BCUT2D eigenvalue weighted by Crippen LogP contribution is -2.07. The SMILES string of the molecule is COc1ccc(C)cc1C(=O)OCc1nnc(-c2c(-c3ccccc3)noc2C)o1. The van der Waals surface area contributed by atoms with Crippen LogP contribution in [-0.2, 0) is 11.3 Å².